The van der Waals surface area contributed by atoms with Crippen molar-refractivity contribution in [3.63, 3.8) is 0 Å². The minimum atomic E-state index is 0.365. The van der Waals surface area contributed by atoms with Gasteiger partial charge >= 0.3 is 0 Å². The zero-order valence-electron chi connectivity index (χ0n) is 5.52. The van der Waals surface area contributed by atoms with Gasteiger partial charge in [0.05, 0.1) is 5.39 Å². The molecule has 1 heterocycles. The van der Waals surface area contributed by atoms with Crippen LogP contribution in [-0.4, -0.2) is 5.16 Å². The van der Waals surface area contributed by atoms with Crippen LogP contribution in [0, 0.1) is 4.91 Å². The second-order valence-corrected chi connectivity index (χ2v) is 2.12. The first kappa shape index (κ1) is 6.03. The summed E-state index contributed by atoms with van der Waals surface area (Å²) in [6.07, 6.45) is 1.41. The monoisotopic (exact) mass is 148 g/mol. The van der Waals surface area contributed by atoms with Crippen LogP contribution in [0.5, 0.6) is 0 Å². The van der Waals surface area contributed by atoms with E-state index < -0.39 is 0 Å². The normalized spacial score (nSPS) is 10.2. The Bertz CT molecular complexity index is 394. The highest BCUT2D eigenvalue weighted by Crippen LogP contribution is 2.23. The van der Waals surface area contributed by atoms with Gasteiger partial charge in [0, 0.05) is 0 Å². The van der Waals surface area contributed by atoms with Crippen molar-refractivity contribution in [1.29, 1.82) is 0 Å². The molecule has 0 aliphatic carbocycles. The Balaban J connectivity index is 2.88. The maximum Gasteiger partial charge on any atom is 0.133 e. The Morgan fingerprint density at radius 3 is 3.18 bits per heavy atom. The molecular weight excluding hydrogens is 144 g/mol. The predicted octanol–water partition coefficient (Wildman–Crippen LogP) is 2.23. The lowest BCUT2D eigenvalue weighted by Crippen LogP contribution is -1.66. The zero-order valence-corrected chi connectivity index (χ0v) is 5.52. The molecule has 0 spiro atoms. The maximum absolute atomic E-state index is 10.2. The average molecular weight is 148 g/mol. The molecule has 54 valence electrons. The number of nitroso groups, excluding NO2 is 1. The molecule has 0 saturated carbocycles. The van der Waals surface area contributed by atoms with E-state index in [1.807, 2.05) is 0 Å². The second kappa shape index (κ2) is 2.16. The summed E-state index contributed by atoms with van der Waals surface area (Å²) in [5.41, 5.74) is 1.02. The molecule has 0 fully saturated rings. The molecule has 0 bridgehead atoms. The van der Waals surface area contributed by atoms with E-state index >= 15 is 0 Å². The van der Waals surface area contributed by atoms with E-state index in [4.69, 9.17) is 0 Å². The molecule has 1 aromatic carbocycles. The fourth-order valence-corrected chi connectivity index (χ4v) is 0.957. The number of fused-ring (bicyclic) bond motifs is 1. The molecule has 0 unspecified atom stereocenters. The molecule has 11 heavy (non-hydrogen) atoms. The van der Waals surface area contributed by atoms with Gasteiger partial charge < -0.3 is 4.52 Å². The van der Waals surface area contributed by atoms with Crippen molar-refractivity contribution in [2.75, 3.05) is 0 Å². The van der Waals surface area contributed by atoms with Crippen LogP contribution >= 0.6 is 0 Å². The van der Waals surface area contributed by atoms with Crippen molar-refractivity contribution in [2.45, 2.75) is 0 Å². The first-order valence-electron chi connectivity index (χ1n) is 3.08. The van der Waals surface area contributed by atoms with E-state index in [1.54, 1.807) is 18.2 Å². The molecule has 0 aliphatic rings. The smallest absolute Gasteiger partial charge is 0.133 e. The lowest BCUT2D eigenvalue weighted by molar-refractivity contribution is 0.428. The quantitative estimate of drug-likeness (QED) is 0.582. The topological polar surface area (TPSA) is 55.5 Å². The first-order valence-corrected chi connectivity index (χ1v) is 3.08. The molecule has 0 aliphatic heterocycles. The summed E-state index contributed by atoms with van der Waals surface area (Å²) in [6, 6.07) is 5.08. The van der Waals surface area contributed by atoms with Gasteiger partial charge in [-0.15, -0.1) is 4.91 Å². The van der Waals surface area contributed by atoms with Gasteiger partial charge in [-0.2, -0.15) is 0 Å². The third-order valence-corrected chi connectivity index (χ3v) is 1.48. The van der Waals surface area contributed by atoms with Crippen molar-refractivity contribution < 1.29 is 4.52 Å². The summed E-state index contributed by atoms with van der Waals surface area (Å²) >= 11 is 0. The van der Waals surface area contributed by atoms with Gasteiger partial charge in [-0.3, -0.25) is 0 Å². The van der Waals surface area contributed by atoms with Crippen LogP contribution in [0.1, 0.15) is 0 Å². The maximum atomic E-state index is 10.2. The Hall–Kier alpha value is -1.71. The van der Waals surface area contributed by atoms with Crippen molar-refractivity contribution in [3.05, 3.63) is 29.4 Å². The van der Waals surface area contributed by atoms with Crippen molar-refractivity contribution in [2.24, 2.45) is 5.18 Å². The lowest BCUT2D eigenvalue weighted by atomic mass is 10.2. The van der Waals surface area contributed by atoms with Gasteiger partial charge in [-0.1, -0.05) is 11.2 Å². The highest BCUT2D eigenvalue weighted by molar-refractivity contribution is 5.88. The number of nitrogens with zero attached hydrogens (tertiary/aromatic N) is 2. The van der Waals surface area contributed by atoms with Crippen LogP contribution in [-0.2, 0) is 0 Å². The van der Waals surface area contributed by atoms with Crippen LogP contribution in [0.3, 0.4) is 0 Å². The van der Waals surface area contributed by atoms with Crippen LogP contribution < -0.4 is 0 Å². The Morgan fingerprint density at radius 1 is 1.45 bits per heavy atom. The van der Waals surface area contributed by atoms with Crippen LogP contribution in [0.25, 0.3) is 10.9 Å². The number of hydrogen-bond donors (Lipinski definition) is 0. The van der Waals surface area contributed by atoms with Gasteiger partial charge in [-0.25, -0.2) is 0 Å². The Morgan fingerprint density at radius 2 is 2.36 bits per heavy atom. The lowest BCUT2D eigenvalue weighted by Gasteiger charge is -1.86. The van der Waals surface area contributed by atoms with Crippen LogP contribution in [0.2, 0.25) is 0 Å². The fraction of sp³-hybridized carbons (Fsp3) is 0. The molecule has 1 aromatic heterocycles. The third-order valence-electron chi connectivity index (χ3n) is 1.48. The van der Waals surface area contributed by atoms with Crippen molar-refractivity contribution >= 4 is 16.6 Å². The molecule has 0 atom stereocenters. The molecule has 0 amide bonds. The average Bonchev–Trinajstić information content (AvgIpc) is 2.50. The van der Waals surface area contributed by atoms with E-state index in [-0.39, 0.29) is 0 Å². The van der Waals surface area contributed by atoms with Crippen molar-refractivity contribution in [3.8, 4) is 0 Å². The second-order valence-electron chi connectivity index (χ2n) is 2.12. The van der Waals surface area contributed by atoms with Crippen LogP contribution in [0.4, 0.5) is 5.69 Å². The van der Waals surface area contributed by atoms with E-state index in [9.17, 15) is 4.91 Å². The molecule has 4 nitrogen and oxygen atoms in total. The number of rotatable bonds is 1. The van der Waals surface area contributed by atoms with Gasteiger partial charge in [0.15, 0.2) is 0 Å². The summed E-state index contributed by atoms with van der Waals surface area (Å²) in [7, 11) is 0. The number of hydrogen-bond acceptors (Lipinski definition) is 4. The Labute approximate surface area is 61.8 Å². The van der Waals surface area contributed by atoms with E-state index in [1.165, 1.54) is 6.26 Å². The van der Waals surface area contributed by atoms with E-state index in [2.05, 4.69) is 14.9 Å². The van der Waals surface area contributed by atoms with Crippen molar-refractivity contribution in [1.82, 2.24) is 5.16 Å². The largest absolute Gasteiger partial charge is 0.363 e. The summed E-state index contributed by atoms with van der Waals surface area (Å²) in [4.78, 5) is 10.2. The highest BCUT2D eigenvalue weighted by atomic mass is 16.5. The number of benzene rings is 1. The molecule has 2 rings (SSSR count). The molecule has 2 aromatic rings. The number of aromatic nitrogens is 1. The van der Waals surface area contributed by atoms with Gasteiger partial charge in [0.2, 0.25) is 0 Å². The standard InChI is InChI=1S/C7H4N2O2/c10-8-6-2-1-3-7-5(6)4-11-9-7/h1-4H. The molecule has 0 radical (unpaired) electrons. The molecule has 0 saturated heterocycles. The summed E-state index contributed by atoms with van der Waals surface area (Å²) < 4.78 is 4.66. The SMILES string of the molecule is O=Nc1cccc2nocc12. The van der Waals surface area contributed by atoms with Gasteiger partial charge in [0.1, 0.15) is 17.5 Å². The molecule has 4 heteroatoms. The first-order chi connectivity index (χ1) is 5.42. The minimum Gasteiger partial charge on any atom is -0.363 e. The summed E-state index contributed by atoms with van der Waals surface area (Å²) in [5, 5.41) is 7.13. The van der Waals surface area contributed by atoms with Crippen LogP contribution in [0.15, 0.2) is 34.2 Å². The van der Waals surface area contributed by atoms with E-state index in [0.717, 1.165) is 0 Å². The third kappa shape index (κ3) is 0.797. The van der Waals surface area contributed by atoms with Gasteiger partial charge in [0.25, 0.3) is 0 Å². The van der Waals surface area contributed by atoms with E-state index in [0.29, 0.717) is 16.6 Å². The summed E-state index contributed by atoms with van der Waals surface area (Å²) in [6.45, 7) is 0. The minimum absolute atomic E-state index is 0.365. The molecular formula is C7H4N2O2. The zero-order chi connectivity index (χ0) is 7.68. The predicted molar refractivity (Wildman–Crippen MR) is 39.5 cm³/mol. The highest BCUT2D eigenvalue weighted by Gasteiger charge is 2.02. The summed E-state index contributed by atoms with van der Waals surface area (Å²) in [5.74, 6) is 0. The Kier molecular flexibility index (Phi) is 1.18. The fourth-order valence-electron chi connectivity index (χ4n) is 0.957. The molecule has 0 N–H and O–H groups in total. The van der Waals surface area contributed by atoms with Gasteiger partial charge in [-0.05, 0) is 17.3 Å².